The number of benzene rings is 2. The van der Waals surface area contributed by atoms with E-state index in [-0.39, 0.29) is 6.42 Å². The first-order valence-electron chi connectivity index (χ1n) is 6.37. The number of aryl methyl sites for hydroxylation is 1. The van der Waals surface area contributed by atoms with Gasteiger partial charge in [-0.15, -0.1) is 0 Å². The van der Waals surface area contributed by atoms with Crippen molar-refractivity contribution < 1.29 is 9.90 Å². The van der Waals surface area contributed by atoms with Crippen LogP contribution in [0.25, 0.3) is 0 Å². The molecule has 0 amide bonds. The molecule has 2 heteroatoms. The second kappa shape index (κ2) is 5.27. The molecule has 0 saturated carbocycles. The number of carboxylic acids is 1. The molecule has 1 atom stereocenters. The van der Waals surface area contributed by atoms with E-state index in [1.807, 2.05) is 68.4 Å². The Balaban J connectivity index is 2.51. The van der Waals surface area contributed by atoms with Gasteiger partial charge in [0.25, 0.3) is 0 Å². The lowest BCUT2D eigenvalue weighted by Crippen LogP contribution is -2.27. The van der Waals surface area contributed by atoms with Crippen LogP contribution in [0.15, 0.2) is 54.6 Å². The summed E-state index contributed by atoms with van der Waals surface area (Å²) >= 11 is 0. The molecule has 0 saturated heterocycles. The van der Waals surface area contributed by atoms with Crippen molar-refractivity contribution in [3.8, 4) is 0 Å². The maximum absolute atomic E-state index is 11.2. The van der Waals surface area contributed by atoms with Gasteiger partial charge in [-0.2, -0.15) is 0 Å². The Labute approximate surface area is 113 Å². The van der Waals surface area contributed by atoms with Crippen molar-refractivity contribution in [1.29, 1.82) is 0 Å². The fourth-order valence-corrected chi connectivity index (χ4v) is 2.40. The quantitative estimate of drug-likeness (QED) is 0.901. The molecule has 0 heterocycles. The van der Waals surface area contributed by atoms with Gasteiger partial charge in [-0.05, 0) is 18.1 Å². The van der Waals surface area contributed by atoms with Crippen molar-refractivity contribution in [3.05, 3.63) is 71.3 Å². The van der Waals surface area contributed by atoms with Gasteiger partial charge in [0, 0.05) is 5.41 Å². The van der Waals surface area contributed by atoms with Crippen LogP contribution in [0.2, 0.25) is 0 Å². The van der Waals surface area contributed by atoms with Crippen LogP contribution < -0.4 is 0 Å². The van der Waals surface area contributed by atoms with Crippen LogP contribution in [0.5, 0.6) is 0 Å². The molecule has 2 rings (SSSR count). The van der Waals surface area contributed by atoms with Crippen LogP contribution in [-0.4, -0.2) is 11.1 Å². The smallest absolute Gasteiger partial charge is 0.304 e. The molecule has 2 aromatic rings. The SMILES string of the molecule is Cc1ccc(C(C)(CC(=O)O)c2ccccc2)cc1. The van der Waals surface area contributed by atoms with Gasteiger partial charge in [0.05, 0.1) is 6.42 Å². The molecule has 0 aliphatic carbocycles. The molecule has 2 nitrogen and oxygen atoms in total. The summed E-state index contributed by atoms with van der Waals surface area (Å²) in [6.07, 6.45) is 0.0834. The van der Waals surface area contributed by atoms with Crippen molar-refractivity contribution in [1.82, 2.24) is 0 Å². The van der Waals surface area contributed by atoms with Gasteiger partial charge in [0.2, 0.25) is 0 Å². The van der Waals surface area contributed by atoms with E-state index in [9.17, 15) is 9.90 Å². The molecule has 2 aromatic carbocycles. The molecular formula is C17H18O2. The molecule has 0 aromatic heterocycles. The summed E-state index contributed by atoms with van der Waals surface area (Å²) in [5, 5.41) is 9.23. The lowest BCUT2D eigenvalue weighted by molar-refractivity contribution is -0.138. The fraction of sp³-hybridized carbons (Fsp3) is 0.235. The number of aliphatic carboxylic acids is 1. The van der Waals surface area contributed by atoms with Gasteiger partial charge in [0.1, 0.15) is 0 Å². The Bertz CT molecular complexity index is 558. The number of carbonyl (C=O) groups is 1. The summed E-state index contributed by atoms with van der Waals surface area (Å²) < 4.78 is 0. The minimum atomic E-state index is -0.785. The molecule has 0 bridgehead atoms. The van der Waals surface area contributed by atoms with Gasteiger partial charge in [-0.1, -0.05) is 67.1 Å². The number of rotatable bonds is 4. The molecule has 0 aliphatic heterocycles. The zero-order valence-electron chi connectivity index (χ0n) is 11.3. The first-order chi connectivity index (χ1) is 9.02. The van der Waals surface area contributed by atoms with Crippen molar-refractivity contribution >= 4 is 5.97 Å². The summed E-state index contributed by atoms with van der Waals surface area (Å²) in [5.41, 5.74) is 2.74. The second-order valence-corrected chi connectivity index (χ2v) is 5.13. The average Bonchev–Trinajstić information content (AvgIpc) is 2.39. The third-order valence-electron chi connectivity index (χ3n) is 3.60. The molecule has 98 valence electrons. The first-order valence-corrected chi connectivity index (χ1v) is 6.37. The molecular weight excluding hydrogens is 236 g/mol. The number of hydrogen-bond donors (Lipinski definition) is 1. The molecule has 0 fully saturated rings. The Morgan fingerprint density at radius 3 is 2.05 bits per heavy atom. The van der Waals surface area contributed by atoms with Crippen LogP contribution in [0.4, 0.5) is 0 Å². The van der Waals surface area contributed by atoms with Crippen molar-refractivity contribution in [2.24, 2.45) is 0 Å². The summed E-state index contributed by atoms with van der Waals surface area (Å²) in [7, 11) is 0. The highest BCUT2D eigenvalue weighted by Crippen LogP contribution is 2.35. The van der Waals surface area contributed by atoms with E-state index in [0.29, 0.717) is 0 Å². The Morgan fingerprint density at radius 2 is 1.53 bits per heavy atom. The van der Waals surface area contributed by atoms with E-state index >= 15 is 0 Å². The van der Waals surface area contributed by atoms with Crippen molar-refractivity contribution in [2.45, 2.75) is 25.7 Å². The molecule has 0 spiro atoms. The van der Waals surface area contributed by atoms with E-state index in [4.69, 9.17) is 0 Å². The van der Waals surface area contributed by atoms with Gasteiger partial charge in [0.15, 0.2) is 0 Å². The van der Waals surface area contributed by atoms with Crippen LogP contribution in [0.1, 0.15) is 30.0 Å². The van der Waals surface area contributed by atoms with Gasteiger partial charge >= 0.3 is 5.97 Å². The zero-order chi connectivity index (χ0) is 13.9. The molecule has 0 radical (unpaired) electrons. The van der Waals surface area contributed by atoms with Gasteiger partial charge in [-0.3, -0.25) is 4.79 Å². The maximum atomic E-state index is 11.2. The predicted molar refractivity (Wildman–Crippen MR) is 76.3 cm³/mol. The lowest BCUT2D eigenvalue weighted by atomic mass is 9.73. The van der Waals surface area contributed by atoms with Crippen LogP contribution in [0.3, 0.4) is 0 Å². The first kappa shape index (κ1) is 13.3. The Morgan fingerprint density at radius 1 is 1.00 bits per heavy atom. The average molecular weight is 254 g/mol. The topological polar surface area (TPSA) is 37.3 Å². The van der Waals surface area contributed by atoms with E-state index in [1.54, 1.807) is 0 Å². The molecule has 0 aliphatic rings. The maximum Gasteiger partial charge on any atom is 0.304 e. The molecule has 1 N–H and O–H groups in total. The Kier molecular flexibility index (Phi) is 3.70. The minimum Gasteiger partial charge on any atom is -0.481 e. The normalized spacial score (nSPS) is 13.8. The van der Waals surface area contributed by atoms with Crippen molar-refractivity contribution in [3.63, 3.8) is 0 Å². The van der Waals surface area contributed by atoms with Crippen molar-refractivity contribution in [2.75, 3.05) is 0 Å². The highest BCUT2D eigenvalue weighted by Gasteiger charge is 2.31. The largest absolute Gasteiger partial charge is 0.481 e. The third-order valence-corrected chi connectivity index (χ3v) is 3.60. The van der Waals surface area contributed by atoms with Gasteiger partial charge in [-0.25, -0.2) is 0 Å². The third kappa shape index (κ3) is 2.84. The van der Waals surface area contributed by atoms with Gasteiger partial charge < -0.3 is 5.11 Å². The highest BCUT2D eigenvalue weighted by molar-refractivity contribution is 5.70. The standard InChI is InChI=1S/C17H18O2/c1-13-8-10-15(11-9-13)17(2,12-16(18)19)14-6-4-3-5-7-14/h3-11H,12H2,1-2H3,(H,18,19). The molecule has 19 heavy (non-hydrogen) atoms. The second-order valence-electron chi connectivity index (χ2n) is 5.13. The van der Waals surface area contributed by atoms with E-state index < -0.39 is 11.4 Å². The lowest BCUT2D eigenvalue weighted by Gasteiger charge is -2.29. The predicted octanol–water partition coefficient (Wildman–Crippen LogP) is 3.78. The monoisotopic (exact) mass is 254 g/mol. The van der Waals surface area contributed by atoms with Crippen LogP contribution >= 0.6 is 0 Å². The summed E-state index contributed by atoms with van der Waals surface area (Å²) in [5.74, 6) is -0.785. The Hall–Kier alpha value is -2.09. The number of carboxylic acid groups (broad SMARTS) is 1. The van der Waals surface area contributed by atoms with Crippen LogP contribution in [0, 0.1) is 6.92 Å². The summed E-state index contributed by atoms with van der Waals surface area (Å²) in [6.45, 7) is 4.02. The minimum absolute atomic E-state index is 0.0834. The number of hydrogen-bond acceptors (Lipinski definition) is 1. The highest BCUT2D eigenvalue weighted by atomic mass is 16.4. The zero-order valence-corrected chi connectivity index (χ0v) is 11.3. The van der Waals surface area contributed by atoms with Crippen LogP contribution in [-0.2, 0) is 10.2 Å². The van der Waals surface area contributed by atoms with E-state index in [2.05, 4.69) is 0 Å². The summed E-state index contributed by atoms with van der Waals surface area (Å²) in [6, 6.07) is 17.9. The van der Waals surface area contributed by atoms with E-state index in [1.165, 1.54) is 5.56 Å². The molecule has 1 unspecified atom stereocenters. The van der Waals surface area contributed by atoms with E-state index in [0.717, 1.165) is 11.1 Å². The fourth-order valence-electron chi connectivity index (χ4n) is 2.40. The summed E-state index contributed by atoms with van der Waals surface area (Å²) in [4.78, 5) is 11.2.